The lowest BCUT2D eigenvalue weighted by atomic mass is 10.2. The Morgan fingerprint density at radius 2 is 2.17 bits per heavy atom. The average molecular weight is 168 g/mol. The predicted molar refractivity (Wildman–Crippen MR) is 48.3 cm³/mol. The van der Waals surface area contributed by atoms with Gasteiger partial charge in [-0.05, 0) is 6.42 Å². The predicted octanol–water partition coefficient (Wildman–Crippen LogP) is 2.13. The van der Waals surface area contributed by atoms with Crippen LogP contribution in [-0.4, -0.2) is 18.9 Å². The van der Waals surface area contributed by atoms with Gasteiger partial charge < -0.3 is 4.74 Å². The van der Waals surface area contributed by atoms with Crippen molar-refractivity contribution in [3.8, 4) is 6.07 Å². The topological polar surface area (TPSA) is 56.9 Å². The molecular formula is C9H16N2O. The number of hydrogen-bond acceptors (Lipinski definition) is 3. The van der Waals surface area contributed by atoms with Crippen molar-refractivity contribution in [1.82, 2.24) is 0 Å². The summed E-state index contributed by atoms with van der Waals surface area (Å²) < 4.78 is 5.09. The molecule has 0 aliphatic rings. The SMILES string of the molecule is CCCCCCOCC(=N)C#N. The smallest absolute Gasteiger partial charge is 0.135 e. The van der Waals surface area contributed by atoms with Gasteiger partial charge in [0.1, 0.15) is 11.8 Å². The van der Waals surface area contributed by atoms with E-state index in [-0.39, 0.29) is 12.3 Å². The summed E-state index contributed by atoms with van der Waals surface area (Å²) in [5.74, 6) is 0. The fourth-order valence-electron chi connectivity index (χ4n) is 0.837. The Balaban J connectivity index is 3.02. The number of hydrogen-bond donors (Lipinski definition) is 1. The minimum absolute atomic E-state index is 0.00508. The number of rotatable bonds is 7. The summed E-state index contributed by atoms with van der Waals surface area (Å²) in [7, 11) is 0. The standard InChI is InChI=1S/C9H16N2O/c1-2-3-4-5-6-12-8-9(11)7-10/h11H,2-6,8H2,1H3. The van der Waals surface area contributed by atoms with Crippen LogP contribution >= 0.6 is 0 Å². The maximum Gasteiger partial charge on any atom is 0.135 e. The Morgan fingerprint density at radius 1 is 1.42 bits per heavy atom. The highest BCUT2D eigenvalue weighted by molar-refractivity contribution is 5.96. The van der Waals surface area contributed by atoms with E-state index < -0.39 is 0 Å². The van der Waals surface area contributed by atoms with Crippen LogP contribution in [0.15, 0.2) is 0 Å². The van der Waals surface area contributed by atoms with Crippen LogP contribution in [-0.2, 0) is 4.74 Å². The molecule has 0 aromatic carbocycles. The molecule has 0 heterocycles. The zero-order valence-electron chi connectivity index (χ0n) is 7.60. The summed E-state index contributed by atoms with van der Waals surface area (Å²) in [6.45, 7) is 3.00. The molecule has 0 aliphatic heterocycles. The van der Waals surface area contributed by atoms with Gasteiger partial charge in [0, 0.05) is 6.61 Å². The molecule has 0 spiro atoms. The number of nitrogens with one attached hydrogen (secondary N) is 1. The van der Waals surface area contributed by atoms with Gasteiger partial charge >= 0.3 is 0 Å². The molecule has 12 heavy (non-hydrogen) atoms. The lowest BCUT2D eigenvalue weighted by Crippen LogP contribution is -2.05. The third-order valence-corrected chi connectivity index (χ3v) is 1.52. The van der Waals surface area contributed by atoms with Gasteiger partial charge in [-0.25, -0.2) is 0 Å². The van der Waals surface area contributed by atoms with Gasteiger partial charge in [-0.2, -0.15) is 5.26 Å². The Labute approximate surface area is 73.9 Å². The van der Waals surface area contributed by atoms with E-state index in [1.807, 2.05) is 0 Å². The number of nitrogens with zero attached hydrogens (tertiary/aromatic N) is 1. The van der Waals surface area contributed by atoms with E-state index >= 15 is 0 Å². The zero-order valence-corrected chi connectivity index (χ0v) is 7.60. The van der Waals surface area contributed by atoms with E-state index in [1.165, 1.54) is 19.3 Å². The minimum atomic E-state index is 0.00508. The molecule has 0 aromatic rings. The first-order valence-corrected chi connectivity index (χ1v) is 4.36. The maximum absolute atomic E-state index is 8.22. The van der Waals surface area contributed by atoms with Gasteiger partial charge in [0.15, 0.2) is 0 Å². The van der Waals surface area contributed by atoms with Gasteiger partial charge in [-0.3, -0.25) is 5.41 Å². The normalized spacial score (nSPS) is 9.33. The van der Waals surface area contributed by atoms with Crippen molar-refractivity contribution >= 4 is 5.71 Å². The summed E-state index contributed by atoms with van der Waals surface area (Å²) in [4.78, 5) is 0. The first-order valence-electron chi connectivity index (χ1n) is 4.36. The number of nitriles is 1. The molecule has 0 aromatic heterocycles. The van der Waals surface area contributed by atoms with Gasteiger partial charge in [0.05, 0.1) is 6.61 Å². The van der Waals surface area contributed by atoms with Crippen molar-refractivity contribution in [2.75, 3.05) is 13.2 Å². The molecule has 1 N–H and O–H groups in total. The second-order valence-electron chi connectivity index (χ2n) is 2.70. The zero-order chi connectivity index (χ0) is 9.23. The monoisotopic (exact) mass is 168 g/mol. The largest absolute Gasteiger partial charge is 0.374 e. The van der Waals surface area contributed by atoms with E-state index in [0.29, 0.717) is 6.61 Å². The maximum atomic E-state index is 8.22. The molecule has 0 rings (SSSR count). The van der Waals surface area contributed by atoms with Crippen LogP contribution in [0.2, 0.25) is 0 Å². The lowest BCUT2D eigenvalue weighted by Gasteiger charge is -2.00. The van der Waals surface area contributed by atoms with Crippen molar-refractivity contribution in [2.45, 2.75) is 32.6 Å². The van der Waals surface area contributed by atoms with Crippen LogP contribution < -0.4 is 0 Å². The van der Waals surface area contributed by atoms with Gasteiger partial charge in [-0.1, -0.05) is 26.2 Å². The van der Waals surface area contributed by atoms with Crippen molar-refractivity contribution in [2.24, 2.45) is 0 Å². The molecule has 0 bridgehead atoms. The molecule has 68 valence electrons. The Hall–Kier alpha value is -0.880. The van der Waals surface area contributed by atoms with E-state index in [1.54, 1.807) is 6.07 Å². The average Bonchev–Trinajstić information content (AvgIpc) is 2.10. The van der Waals surface area contributed by atoms with Crippen molar-refractivity contribution in [3.05, 3.63) is 0 Å². The van der Waals surface area contributed by atoms with Crippen LogP contribution in [0, 0.1) is 16.7 Å². The summed E-state index contributed by atoms with van der Waals surface area (Å²) in [5, 5.41) is 15.2. The number of unbranched alkanes of at least 4 members (excludes halogenated alkanes) is 3. The lowest BCUT2D eigenvalue weighted by molar-refractivity contribution is 0.166. The van der Waals surface area contributed by atoms with Crippen LogP contribution in [0.4, 0.5) is 0 Å². The fourth-order valence-corrected chi connectivity index (χ4v) is 0.837. The molecule has 0 fully saturated rings. The molecule has 0 amide bonds. The van der Waals surface area contributed by atoms with Gasteiger partial charge in [0.25, 0.3) is 0 Å². The molecular weight excluding hydrogens is 152 g/mol. The summed E-state index contributed by atoms with van der Waals surface area (Å²) in [6.07, 6.45) is 4.66. The highest BCUT2D eigenvalue weighted by Crippen LogP contribution is 1.98. The highest BCUT2D eigenvalue weighted by atomic mass is 16.5. The van der Waals surface area contributed by atoms with Crippen LogP contribution in [0.5, 0.6) is 0 Å². The molecule has 0 aliphatic carbocycles. The van der Waals surface area contributed by atoms with E-state index in [0.717, 1.165) is 6.42 Å². The Kier molecular flexibility index (Phi) is 7.62. The third-order valence-electron chi connectivity index (χ3n) is 1.52. The van der Waals surface area contributed by atoms with E-state index in [2.05, 4.69) is 6.92 Å². The Morgan fingerprint density at radius 3 is 2.75 bits per heavy atom. The molecule has 0 saturated heterocycles. The van der Waals surface area contributed by atoms with E-state index in [9.17, 15) is 0 Å². The van der Waals surface area contributed by atoms with Crippen LogP contribution in [0.3, 0.4) is 0 Å². The number of ether oxygens (including phenoxy) is 1. The van der Waals surface area contributed by atoms with Crippen molar-refractivity contribution in [3.63, 3.8) is 0 Å². The van der Waals surface area contributed by atoms with Crippen molar-refractivity contribution in [1.29, 1.82) is 10.7 Å². The molecule has 3 nitrogen and oxygen atoms in total. The molecule has 0 saturated carbocycles. The highest BCUT2D eigenvalue weighted by Gasteiger charge is 1.93. The first-order chi connectivity index (χ1) is 5.81. The third kappa shape index (κ3) is 7.23. The summed E-state index contributed by atoms with van der Waals surface area (Å²) in [6, 6.07) is 1.73. The fraction of sp³-hybridized carbons (Fsp3) is 0.778. The minimum Gasteiger partial charge on any atom is -0.374 e. The van der Waals surface area contributed by atoms with E-state index in [4.69, 9.17) is 15.4 Å². The molecule has 3 heteroatoms. The van der Waals surface area contributed by atoms with Gasteiger partial charge in [0.2, 0.25) is 0 Å². The quantitative estimate of drug-likeness (QED) is 0.467. The van der Waals surface area contributed by atoms with Gasteiger partial charge in [-0.15, -0.1) is 0 Å². The molecule has 0 radical (unpaired) electrons. The second-order valence-corrected chi connectivity index (χ2v) is 2.70. The first kappa shape index (κ1) is 11.1. The molecule has 0 unspecified atom stereocenters. The summed E-state index contributed by atoms with van der Waals surface area (Å²) >= 11 is 0. The van der Waals surface area contributed by atoms with Crippen molar-refractivity contribution < 1.29 is 4.74 Å². The second kappa shape index (κ2) is 8.22. The van der Waals surface area contributed by atoms with Crippen LogP contribution in [0.25, 0.3) is 0 Å². The molecule has 0 atom stereocenters. The van der Waals surface area contributed by atoms with Crippen LogP contribution in [0.1, 0.15) is 32.6 Å². The summed E-state index contributed by atoms with van der Waals surface area (Å²) in [5.41, 5.74) is 0.00508. The Bertz CT molecular complexity index is 160.